The highest BCUT2D eigenvalue weighted by atomic mass is 16.3. The Morgan fingerprint density at radius 3 is 1.91 bits per heavy atom. The summed E-state index contributed by atoms with van der Waals surface area (Å²) in [7, 11) is 0. The molecule has 0 unspecified atom stereocenters. The second kappa shape index (κ2) is 11.4. The third kappa shape index (κ3) is 4.90. The molecule has 0 saturated carbocycles. The summed E-state index contributed by atoms with van der Waals surface area (Å²) in [6.07, 6.45) is 3.74. The molecule has 0 aliphatic carbocycles. The van der Waals surface area contributed by atoms with Crippen LogP contribution < -0.4 is 0 Å². The molecule has 5 nitrogen and oxygen atoms in total. The first-order valence-corrected chi connectivity index (χ1v) is 16.3. The van der Waals surface area contributed by atoms with Crippen molar-refractivity contribution in [1.82, 2.24) is 19.5 Å². The van der Waals surface area contributed by atoms with Crippen molar-refractivity contribution in [2.45, 2.75) is 46.5 Å². The lowest BCUT2D eigenvalue weighted by Gasteiger charge is -2.24. The molecule has 47 heavy (non-hydrogen) atoms. The van der Waals surface area contributed by atoms with Crippen molar-refractivity contribution in [1.29, 1.82) is 0 Å². The normalized spacial score (nSPS) is 11.9. The molecule has 8 aromatic rings. The Kier molecular flexibility index (Phi) is 6.98. The highest BCUT2D eigenvalue weighted by molar-refractivity contribution is 6.06. The van der Waals surface area contributed by atoms with Gasteiger partial charge in [0.1, 0.15) is 11.4 Å². The van der Waals surface area contributed by atoms with Gasteiger partial charge in [-0.1, -0.05) is 94.4 Å². The summed E-state index contributed by atoms with van der Waals surface area (Å²) >= 11 is 0. The largest absolute Gasteiger partial charge is 0.438 e. The molecular weight excluding hydrogens is 576 g/mol. The Labute approximate surface area is 274 Å². The van der Waals surface area contributed by atoms with E-state index < -0.39 is 0 Å². The van der Waals surface area contributed by atoms with Crippen molar-refractivity contribution in [3.05, 3.63) is 132 Å². The monoisotopic (exact) mass is 612 g/mol. The van der Waals surface area contributed by atoms with E-state index in [9.17, 15) is 0 Å². The Balaban J connectivity index is 1.41. The summed E-state index contributed by atoms with van der Waals surface area (Å²) in [6, 6.07) is 36.4. The van der Waals surface area contributed by atoms with E-state index in [1.807, 2.05) is 30.6 Å². The van der Waals surface area contributed by atoms with E-state index in [2.05, 4.69) is 124 Å². The van der Waals surface area contributed by atoms with Gasteiger partial charge < -0.3 is 4.42 Å². The summed E-state index contributed by atoms with van der Waals surface area (Å²) in [5, 5.41) is 2.01. The maximum Gasteiger partial charge on any atom is 0.227 e. The number of pyridine rings is 2. The molecule has 4 aromatic carbocycles. The van der Waals surface area contributed by atoms with Gasteiger partial charge in [-0.2, -0.15) is 0 Å². The summed E-state index contributed by atoms with van der Waals surface area (Å²) in [6.45, 7) is 11.2. The van der Waals surface area contributed by atoms with Crippen LogP contribution in [-0.4, -0.2) is 19.5 Å². The molecule has 230 valence electrons. The highest BCUT2D eigenvalue weighted by Crippen LogP contribution is 2.41. The van der Waals surface area contributed by atoms with Gasteiger partial charge >= 0.3 is 0 Å². The van der Waals surface area contributed by atoms with Crippen molar-refractivity contribution in [2.24, 2.45) is 0 Å². The quantitative estimate of drug-likeness (QED) is 0.187. The SMILES string of the molecule is Cc1nccc2nc(-c3cnc4oc5ccc(-c6ccccc6)cc5c4c3)n(-c3c(C(C)C)cc(-c4ccccc4)cc3C(C)C)c12. The Morgan fingerprint density at radius 1 is 0.617 bits per heavy atom. The summed E-state index contributed by atoms with van der Waals surface area (Å²) in [4.78, 5) is 14.9. The number of hydrogen-bond donors (Lipinski definition) is 0. The molecule has 0 bridgehead atoms. The second-order valence-electron chi connectivity index (χ2n) is 13.0. The van der Waals surface area contributed by atoms with Crippen molar-refractivity contribution in [3.63, 3.8) is 0 Å². The lowest BCUT2D eigenvalue weighted by molar-refractivity contribution is 0.654. The number of benzene rings is 4. The first-order chi connectivity index (χ1) is 22.9. The first-order valence-electron chi connectivity index (χ1n) is 16.3. The molecule has 0 radical (unpaired) electrons. The molecule has 0 fully saturated rings. The van der Waals surface area contributed by atoms with Gasteiger partial charge in [-0.05, 0) is 88.5 Å². The van der Waals surface area contributed by atoms with Crippen molar-refractivity contribution in [3.8, 4) is 39.3 Å². The molecule has 0 amide bonds. The molecule has 0 spiro atoms. The number of fused-ring (bicyclic) bond motifs is 4. The van der Waals surface area contributed by atoms with E-state index in [0.29, 0.717) is 5.71 Å². The zero-order valence-corrected chi connectivity index (χ0v) is 27.3. The number of imidazole rings is 1. The molecule has 0 atom stereocenters. The molecule has 8 rings (SSSR count). The maximum atomic E-state index is 6.24. The number of aromatic nitrogens is 4. The standard InChI is InChI=1S/C42H36N4O/c1-25(2)33-21-31(29-14-10-7-11-15-29)22-34(26(3)4)40(33)46-39-27(5)43-19-18-37(39)45-41(46)32-23-36-35-20-30(28-12-8-6-9-13-28)16-17-38(35)47-42(36)44-24-32/h6-26H,1-5H3. The van der Waals surface area contributed by atoms with Crippen molar-refractivity contribution < 1.29 is 4.42 Å². The van der Waals surface area contributed by atoms with Gasteiger partial charge in [-0.25, -0.2) is 9.97 Å². The van der Waals surface area contributed by atoms with Crippen molar-refractivity contribution in [2.75, 3.05) is 0 Å². The third-order valence-electron chi connectivity index (χ3n) is 9.18. The van der Waals surface area contributed by atoms with Crippen LogP contribution >= 0.6 is 0 Å². The van der Waals surface area contributed by atoms with Gasteiger partial charge in [0.05, 0.1) is 22.4 Å². The van der Waals surface area contributed by atoms with Gasteiger partial charge in [0.25, 0.3) is 0 Å². The van der Waals surface area contributed by atoms with E-state index >= 15 is 0 Å². The second-order valence-corrected chi connectivity index (χ2v) is 13.0. The number of rotatable bonds is 6. The van der Waals surface area contributed by atoms with Crippen LogP contribution in [0.5, 0.6) is 0 Å². The minimum atomic E-state index is 0.267. The molecule has 5 heteroatoms. The average molecular weight is 613 g/mol. The number of nitrogens with zero attached hydrogens (tertiary/aromatic N) is 4. The molecule has 0 aliphatic heterocycles. The fraction of sp³-hybridized carbons (Fsp3) is 0.167. The highest BCUT2D eigenvalue weighted by Gasteiger charge is 2.25. The predicted octanol–water partition coefficient (Wildman–Crippen LogP) is 11.3. The zero-order valence-electron chi connectivity index (χ0n) is 27.3. The van der Waals surface area contributed by atoms with Crippen molar-refractivity contribution >= 4 is 33.1 Å². The molecule has 4 heterocycles. The van der Waals surface area contributed by atoms with Crippen LogP contribution in [0.3, 0.4) is 0 Å². The first kappa shape index (κ1) is 28.9. The van der Waals surface area contributed by atoms with Crippen LogP contribution in [0.4, 0.5) is 0 Å². The van der Waals surface area contributed by atoms with Gasteiger partial charge in [0, 0.05) is 28.7 Å². The lowest BCUT2D eigenvalue weighted by atomic mass is 9.88. The van der Waals surface area contributed by atoms with E-state index in [-0.39, 0.29) is 11.8 Å². The predicted molar refractivity (Wildman–Crippen MR) is 193 cm³/mol. The number of hydrogen-bond acceptors (Lipinski definition) is 4. The Morgan fingerprint density at radius 2 is 1.26 bits per heavy atom. The minimum absolute atomic E-state index is 0.267. The summed E-state index contributed by atoms with van der Waals surface area (Å²) in [5.41, 5.74) is 13.7. The zero-order chi connectivity index (χ0) is 32.2. The van der Waals surface area contributed by atoms with E-state index in [0.717, 1.165) is 50.0 Å². The Bertz CT molecular complexity index is 2390. The number of furan rings is 1. The minimum Gasteiger partial charge on any atom is -0.438 e. The smallest absolute Gasteiger partial charge is 0.227 e. The lowest BCUT2D eigenvalue weighted by Crippen LogP contribution is -2.10. The van der Waals surface area contributed by atoms with Crippen LogP contribution in [0.15, 0.2) is 120 Å². The molecule has 0 saturated heterocycles. The van der Waals surface area contributed by atoms with E-state index in [4.69, 9.17) is 19.4 Å². The fourth-order valence-electron chi connectivity index (χ4n) is 6.80. The molecule has 0 aliphatic rings. The van der Waals surface area contributed by atoms with Gasteiger partial charge in [-0.15, -0.1) is 0 Å². The number of aryl methyl sites for hydroxylation is 1. The molecular formula is C42H36N4O. The van der Waals surface area contributed by atoms with Crippen LogP contribution in [0.1, 0.15) is 56.4 Å². The topological polar surface area (TPSA) is 56.7 Å². The van der Waals surface area contributed by atoms with Gasteiger partial charge in [0.15, 0.2) is 0 Å². The van der Waals surface area contributed by atoms with Crippen LogP contribution in [-0.2, 0) is 0 Å². The van der Waals surface area contributed by atoms with E-state index in [1.54, 1.807) is 0 Å². The van der Waals surface area contributed by atoms with Crippen LogP contribution in [0, 0.1) is 6.92 Å². The molecule has 0 N–H and O–H groups in total. The Hall–Kier alpha value is -5.55. The summed E-state index contributed by atoms with van der Waals surface area (Å²) < 4.78 is 8.58. The third-order valence-corrected chi connectivity index (χ3v) is 9.18. The van der Waals surface area contributed by atoms with Gasteiger partial charge in [0.2, 0.25) is 5.71 Å². The maximum absolute atomic E-state index is 6.24. The fourth-order valence-corrected chi connectivity index (χ4v) is 6.80. The molecule has 4 aromatic heterocycles. The van der Waals surface area contributed by atoms with Crippen LogP contribution in [0.2, 0.25) is 0 Å². The average Bonchev–Trinajstić information content (AvgIpc) is 3.67. The van der Waals surface area contributed by atoms with Gasteiger partial charge in [-0.3, -0.25) is 9.55 Å². The summed E-state index contributed by atoms with van der Waals surface area (Å²) in [5.74, 6) is 1.38. The van der Waals surface area contributed by atoms with Crippen LogP contribution in [0.25, 0.3) is 72.4 Å². The van der Waals surface area contributed by atoms with E-state index in [1.165, 1.54) is 33.5 Å².